The van der Waals surface area contributed by atoms with Crippen LogP contribution in [-0.2, 0) is 16.1 Å². The molecule has 2 N–H and O–H groups in total. The second kappa shape index (κ2) is 7.69. The Hall–Kier alpha value is -3.17. The van der Waals surface area contributed by atoms with Crippen molar-refractivity contribution in [3.63, 3.8) is 0 Å². The minimum absolute atomic E-state index is 0.232. The number of aryl methyl sites for hydroxylation is 1. The summed E-state index contributed by atoms with van der Waals surface area (Å²) in [6.45, 7) is 0.377. The van der Waals surface area contributed by atoms with Crippen molar-refractivity contribution in [3.8, 4) is 0 Å². The zero-order valence-corrected chi connectivity index (χ0v) is 16.1. The van der Waals surface area contributed by atoms with Crippen LogP contribution in [0.3, 0.4) is 0 Å². The predicted molar refractivity (Wildman–Crippen MR) is 103 cm³/mol. The van der Waals surface area contributed by atoms with E-state index in [1.807, 2.05) is 0 Å². The molecule has 2 aromatic heterocycles. The third kappa shape index (κ3) is 3.62. The van der Waals surface area contributed by atoms with E-state index in [1.165, 1.54) is 9.08 Å². The van der Waals surface area contributed by atoms with Crippen LogP contribution < -0.4 is 16.3 Å². The summed E-state index contributed by atoms with van der Waals surface area (Å²) in [5.41, 5.74) is -0.485. The van der Waals surface area contributed by atoms with Crippen LogP contribution in [-0.4, -0.2) is 55.6 Å². The number of fused-ring (bicyclic) bond motifs is 1. The van der Waals surface area contributed by atoms with E-state index in [0.29, 0.717) is 38.0 Å². The maximum Gasteiger partial charge on any atom is 0.350 e. The number of hydrogen-bond acceptors (Lipinski definition) is 5. The number of hydrogen-bond donors (Lipinski definition) is 2. The SMILES string of the molecule is O=C(CN1C(=O)NC2(CCCCC2)C1=O)NCCCn1nc2ccccn2c1=O. The summed E-state index contributed by atoms with van der Waals surface area (Å²) >= 11 is 0. The van der Waals surface area contributed by atoms with Crippen LogP contribution in [0.25, 0.3) is 5.65 Å². The number of pyridine rings is 1. The maximum atomic E-state index is 12.7. The van der Waals surface area contributed by atoms with Gasteiger partial charge in [-0.2, -0.15) is 0 Å². The van der Waals surface area contributed by atoms with E-state index < -0.39 is 17.5 Å². The van der Waals surface area contributed by atoms with Crippen LogP contribution >= 0.6 is 0 Å². The fraction of sp³-hybridized carbons (Fsp3) is 0.526. The first-order valence-corrected chi connectivity index (χ1v) is 9.95. The average molecular weight is 400 g/mol. The Bertz CT molecular complexity index is 1000. The molecule has 2 aliphatic rings. The molecule has 154 valence electrons. The number of amides is 4. The molecule has 0 aromatic carbocycles. The first kappa shape index (κ1) is 19.2. The van der Waals surface area contributed by atoms with Gasteiger partial charge in [-0.15, -0.1) is 5.10 Å². The minimum Gasteiger partial charge on any atom is -0.354 e. The lowest BCUT2D eigenvalue weighted by molar-refractivity contribution is -0.135. The molecule has 1 aliphatic carbocycles. The average Bonchev–Trinajstić information content (AvgIpc) is 3.15. The molecule has 4 rings (SSSR count). The maximum absolute atomic E-state index is 12.7. The number of carbonyl (C=O) groups is 3. The Labute approximate surface area is 166 Å². The third-order valence-electron chi connectivity index (χ3n) is 5.61. The highest BCUT2D eigenvalue weighted by molar-refractivity contribution is 6.09. The van der Waals surface area contributed by atoms with Crippen LogP contribution in [0.1, 0.15) is 38.5 Å². The lowest BCUT2D eigenvalue weighted by Crippen LogP contribution is -2.49. The highest BCUT2D eigenvalue weighted by Crippen LogP contribution is 2.33. The van der Waals surface area contributed by atoms with Gasteiger partial charge in [-0.25, -0.2) is 14.3 Å². The lowest BCUT2D eigenvalue weighted by Gasteiger charge is -2.30. The lowest BCUT2D eigenvalue weighted by atomic mass is 9.82. The zero-order chi connectivity index (χ0) is 20.4. The molecule has 1 spiro atoms. The first-order valence-electron chi connectivity index (χ1n) is 9.95. The van der Waals surface area contributed by atoms with E-state index in [9.17, 15) is 19.2 Å². The molecule has 10 nitrogen and oxygen atoms in total. The Balaban J connectivity index is 1.27. The molecule has 3 heterocycles. The van der Waals surface area contributed by atoms with Crippen LogP contribution in [0.5, 0.6) is 0 Å². The summed E-state index contributed by atoms with van der Waals surface area (Å²) in [6, 6.07) is 4.81. The Morgan fingerprint density at radius 3 is 2.72 bits per heavy atom. The van der Waals surface area contributed by atoms with Gasteiger partial charge in [0.2, 0.25) is 5.91 Å². The molecule has 29 heavy (non-hydrogen) atoms. The zero-order valence-electron chi connectivity index (χ0n) is 16.1. The minimum atomic E-state index is -0.820. The molecule has 0 bridgehead atoms. The number of nitrogens with zero attached hydrogens (tertiary/aromatic N) is 4. The van der Waals surface area contributed by atoms with Gasteiger partial charge in [0.15, 0.2) is 5.65 Å². The van der Waals surface area contributed by atoms with Crippen LogP contribution in [0.15, 0.2) is 29.2 Å². The monoisotopic (exact) mass is 400 g/mol. The summed E-state index contributed by atoms with van der Waals surface area (Å²) in [4.78, 5) is 50.3. The number of nitrogens with one attached hydrogen (secondary N) is 2. The van der Waals surface area contributed by atoms with E-state index in [0.717, 1.165) is 24.2 Å². The number of urea groups is 1. The van der Waals surface area contributed by atoms with Crippen LogP contribution in [0, 0.1) is 0 Å². The van der Waals surface area contributed by atoms with Crippen molar-refractivity contribution in [2.45, 2.75) is 50.6 Å². The molecule has 1 saturated heterocycles. The highest BCUT2D eigenvalue weighted by atomic mass is 16.2. The number of aromatic nitrogens is 3. The summed E-state index contributed by atoms with van der Waals surface area (Å²) in [6.07, 6.45) is 6.26. The van der Waals surface area contributed by atoms with Crippen molar-refractivity contribution < 1.29 is 14.4 Å². The summed E-state index contributed by atoms with van der Waals surface area (Å²) in [5, 5.41) is 9.72. The van der Waals surface area contributed by atoms with Crippen LogP contribution in [0.4, 0.5) is 4.79 Å². The van der Waals surface area contributed by atoms with Gasteiger partial charge in [0.05, 0.1) is 0 Å². The topological polar surface area (TPSA) is 118 Å². The van der Waals surface area contributed by atoms with Gasteiger partial charge < -0.3 is 10.6 Å². The van der Waals surface area contributed by atoms with E-state index >= 15 is 0 Å². The van der Waals surface area contributed by atoms with Gasteiger partial charge in [0.25, 0.3) is 5.91 Å². The molecular formula is C19H24N6O4. The Morgan fingerprint density at radius 2 is 1.97 bits per heavy atom. The van der Waals surface area contributed by atoms with Crippen molar-refractivity contribution in [1.82, 2.24) is 29.7 Å². The number of carbonyl (C=O) groups excluding carboxylic acids is 3. The van der Waals surface area contributed by atoms with Gasteiger partial charge in [-0.05, 0) is 31.4 Å². The largest absolute Gasteiger partial charge is 0.354 e. The molecule has 2 fully saturated rings. The van der Waals surface area contributed by atoms with Gasteiger partial charge in [-0.1, -0.05) is 25.3 Å². The van der Waals surface area contributed by atoms with Crippen molar-refractivity contribution in [2.24, 2.45) is 0 Å². The molecule has 1 aliphatic heterocycles. The fourth-order valence-corrected chi connectivity index (χ4v) is 4.08. The fourth-order valence-electron chi connectivity index (χ4n) is 4.08. The molecule has 2 aromatic rings. The molecule has 10 heteroatoms. The predicted octanol–water partition coefficient (Wildman–Crippen LogP) is 0.257. The number of rotatable bonds is 6. The van der Waals surface area contributed by atoms with E-state index in [1.54, 1.807) is 24.4 Å². The summed E-state index contributed by atoms with van der Waals surface area (Å²) in [5.74, 6) is -0.697. The second-order valence-corrected chi connectivity index (χ2v) is 7.60. The molecule has 1 saturated carbocycles. The summed E-state index contributed by atoms with van der Waals surface area (Å²) in [7, 11) is 0. The van der Waals surface area contributed by atoms with Gasteiger partial charge in [-0.3, -0.25) is 18.9 Å². The van der Waals surface area contributed by atoms with Gasteiger partial charge in [0, 0.05) is 19.3 Å². The normalized spacial score (nSPS) is 18.4. The van der Waals surface area contributed by atoms with Crippen LogP contribution in [0.2, 0.25) is 0 Å². The Kier molecular flexibility index (Phi) is 5.08. The van der Waals surface area contributed by atoms with Gasteiger partial charge >= 0.3 is 11.7 Å². The van der Waals surface area contributed by atoms with E-state index in [-0.39, 0.29) is 18.1 Å². The van der Waals surface area contributed by atoms with Crippen molar-refractivity contribution in [1.29, 1.82) is 0 Å². The highest BCUT2D eigenvalue weighted by Gasteiger charge is 2.51. The molecule has 0 radical (unpaired) electrons. The molecule has 0 unspecified atom stereocenters. The standard InChI is InChI=1S/C19H24N6O4/c26-15(13-24-16(27)19(21-17(24)28)8-3-1-4-9-19)20-10-6-12-25-18(29)23-11-5-2-7-14(23)22-25/h2,5,7,11H,1,3-4,6,8-10,12-13H2,(H,20,26)(H,21,28). The molecular weight excluding hydrogens is 376 g/mol. The Morgan fingerprint density at radius 1 is 1.17 bits per heavy atom. The van der Waals surface area contributed by atoms with E-state index in [2.05, 4.69) is 15.7 Å². The molecule has 0 atom stereocenters. The van der Waals surface area contributed by atoms with Crippen molar-refractivity contribution in [2.75, 3.05) is 13.1 Å². The second-order valence-electron chi connectivity index (χ2n) is 7.60. The molecule has 4 amide bonds. The van der Waals surface area contributed by atoms with E-state index in [4.69, 9.17) is 0 Å². The van der Waals surface area contributed by atoms with Crippen molar-refractivity contribution >= 4 is 23.5 Å². The third-order valence-corrected chi connectivity index (χ3v) is 5.61. The smallest absolute Gasteiger partial charge is 0.350 e. The first-order chi connectivity index (χ1) is 14.0. The quantitative estimate of drug-likeness (QED) is 0.533. The van der Waals surface area contributed by atoms with Crippen molar-refractivity contribution in [3.05, 3.63) is 34.9 Å². The van der Waals surface area contributed by atoms with Gasteiger partial charge in [0.1, 0.15) is 12.1 Å². The summed E-state index contributed by atoms with van der Waals surface area (Å²) < 4.78 is 2.81. The number of imide groups is 1.